The van der Waals surface area contributed by atoms with Crippen molar-refractivity contribution in [1.82, 2.24) is 20.1 Å². The molecule has 0 unspecified atom stereocenters. The van der Waals surface area contributed by atoms with Crippen LogP contribution < -0.4 is 15.0 Å². The minimum atomic E-state index is -0.0538. The van der Waals surface area contributed by atoms with Gasteiger partial charge in [-0.25, -0.2) is 4.98 Å². The van der Waals surface area contributed by atoms with Crippen LogP contribution in [0.5, 0.6) is 5.75 Å². The van der Waals surface area contributed by atoms with Crippen LogP contribution in [0.25, 0.3) is 10.2 Å². The summed E-state index contributed by atoms with van der Waals surface area (Å²) in [7, 11) is 3.49. The molecule has 142 valence electrons. The van der Waals surface area contributed by atoms with E-state index in [0.29, 0.717) is 5.56 Å². The molecular formula is C19H23N5O2S. The maximum atomic E-state index is 12.3. The minimum Gasteiger partial charge on any atom is -0.494 e. The molecule has 0 radical (unpaired) electrons. The smallest absolute Gasteiger partial charge is 0.254 e. The van der Waals surface area contributed by atoms with Crippen LogP contribution in [-0.4, -0.2) is 46.9 Å². The van der Waals surface area contributed by atoms with Crippen LogP contribution in [0.4, 0.5) is 5.13 Å². The molecule has 7 nitrogen and oxygen atoms in total. The average Bonchev–Trinajstić information content (AvgIpc) is 3.30. The van der Waals surface area contributed by atoms with Crippen LogP contribution in [0.15, 0.2) is 24.5 Å². The molecule has 1 saturated heterocycles. The molecule has 1 amide bonds. The monoisotopic (exact) mass is 385 g/mol. The number of ether oxygens (including phenoxy) is 1. The summed E-state index contributed by atoms with van der Waals surface area (Å²) in [6.07, 6.45) is 5.14. The first kappa shape index (κ1) is 17.8. The molecule has 3 heterocycles. The van der Waals surface area contributed by atoms with Crippen LogP contribution in [0, 0.1) is 6.92 Å². The van der Waals surface area contributed by atoms with Crippen LogP contribution in [-0.2, 0) is 7.05 Å². The van der Waals surface area contributed by atoms with Crippen molar-refractivity contribution >= 4 is 32.6 Å². The standard InChI is InChI=1S/C19H23N5O2S/c1-12-4-5-15(26-3)16-17(12)27-19(22-16)24-8-6-14(7-9-24)21-18(25)13-10-20-23(2)11-13/h4-5,10-11,14H,6-9H2,1-3H3,(H,21,25). The lowest BCUT2D eigenvalue weighted by molar-refractivity contribution is 0.0931. The lowest BCUT2D eigenvalue weighted by atomic mass is 10.1. The quantitative estimate of drug-likeness (QED) is 0.748. The van der Waals surface area contributed by atoms with Crippen molar-refractivity contribution in [3.8, 4) is 5.75 Å². The summed E-state index contributed by atoms with van der Waals surface area (Å²) >= 11 is 1.71. The van der Waals surface area contributed by atoms with Crippen molar-refractivity contribution in [2.24, 2.45) is 7.05 Å². The third-order valence-electron chi connectivity index (χ3n) is 4.98. The van der Waals surface area contributed by atoms with E-state index in [-0.39, 0.29) is 11.9 Å². The Morgan fingerprint density at radius 2 is 2.11 bits per heavy atom. The van der Waals surface area contributed by atoms with E-state index in [1.807, 2.05) is 13.1 Å². The molecule has 0 atom stereocenters. The first-order valence-corrected chi connectivity index (χ1v) is 9.85. The Labute approximate surface area is 162 Å². The largest absolute Gasteiger partial charge is 0.494 e. The van der Waals surface area contributed by atoms with Gasteiger partial charge in [-0.2, -0.15) is 5.10 Å². The van der Waals surface area contributed by atoms with Crippen molar-refractivity contribution in [2.45, 2.75) is 25.8 Å². The van der Waals surface area contributed by atoms with Crippen molar-refractivity contribution in [1.29, 1.82) is 0 Å². The molecule has 27 heavy (non-hydrogen) atoms. The van der Waals surface area contributed by atoms with Crippen LogP contribution in [0.3, 0.4) is 0 Å². The summed E-state index contributed by atoms with van der Waals surface area (Å²) in [6.45, 7) is 3.85. The number of aryl methyl sites for hydroxylation is 2. The highest BCUT2D eigenvalue weighted by atomic mass is 32.1. The Hall–Kier alpha value is -2.61. The van der Waals surface area contributed by atoms with Gasteiger partial charge in [0.2, 0.25) is 0 Å². The van der Waals surface area contributed by atoms with Gasteiger partial charge < -0.3 is 15.0 Å². The zero-order chi connectivity index (χ0) is 19.0. The van der Waals surface area contributed by atoms with Crippen molar-refractivity contribution in [2.75, 3.05) is 25.1 Å². The number of methoxy groups -OCH3 is 1. The molecule has 1 N–H and O–H groups in total. The number of rotatable bonds is 4. The first-order chi connectivity index (χ1) is 13.0. The molecule has 2 aromatic heterocycles. The van der Waals surface area contributed by atoms with Gasteiger partial charge in [-0.3, -0.25) is 9.48 Å². The number of amides is 1. The maximum absolute atomic E-state index is 12.3. The molecule has 1 aromatic carbocycles. The first-order valence-electron chi connectivity index (χ1n) is 9.03. The summed E-state index contributed by atoms with van der Waals surface area (Å²) in [5, 5.41) is 8.20. The highest BCUT2D eigenvalue weighted by Gasteiger charge is 2.24. The second kappa shape index (κ2) is 7.19. The Bertz CT molecular complexity index is 972. The predicted molar refractivity (Wildman–Crippen MR) is 107 cm³/mol. The SMILES string of the molecule is COc1ccc(C)c2sc(N3CCC(NC(=O)c4cnn(C)c4)CC3)nc12. The van der Waals surface area contributed by atoms with Crippen LogP contribution in [0.1, 0.15) is 28.8 Å². The van der Waals surface area contributed by atoms with E-state index >= 15 is 0 Å². The van der Waals surface area contributed by atoms with Gasteiger partial charge in [0, 0.05) is 32.4 Å². The number of aromatic nitrogens is 3. The summed E-state index contributed by atoms with van der Waals surface area (Å²) in [5.41, 5.74) is 2.76. The molecule has 3 aromatic rings. The number of carbonyl (C=O) groups excluding carboxylic acids is 1. The van der Waals surface area contributed by atoms with E-state index in [1.54, 1.807) is 35.5 Å². The lowest BCUT2D eigenvalue weighted by Gasteiger charge is -2.32. The number of piperidine rings is 1. The van der Waals surface area contributed by atoms with E-state index in [1.165, 1.54) is 10.3 Å². The molecule has 0 saturated carbocycles. The number of nitrogens with zero attached hydrogens (tertiary/aromatic N) is 4. The molecule has 0 bridgehead atoms. The molecule has 1 aliphatic heterocycles. The van der Waals surface area contributed by atoms with Gasteiger partial charge in [0.1, 0.15) is 11.3 Å². The maximum Gasteiger partial charge on any atom is 0.254 e. The van der Waals surface area contributed by atoms with Gasteiger partial charge in [-0.1, -0.05) is 17.4 Å². The molecule has 0 aliphatic carbocycles. The zero-order valence-electron chi connectivity index (χ0n) is 15.7. The summed E-state index contributed by atoms with van der Waals surface area (Å²) in [4.78, 5) is 19.4. The molecule has 1 fully saturated rings. The number of hydrogen-bond donors (Lipinski definition) is 1. The highest BCUT2D eigenvalue weighted by molar-refractivity contribution is 7.22. The predicted octanol–water partition coefficient (Wildman–Crippen LogP) is 2.75. The van der Waals surface area contributed by atoms with Gasteiger partial charge >= 0.3 is 0 Å². The molecule has 0 spiro atoms. The zero-order valence-corrected chi connectivity index (χ0v) is 16.5. The third kappa shape index (κ3) is 3.49. The fraction of sp³-hybridized carbons (Fsp3) is 0.421. The summed E-state index contributed by atoms with van der Waals surface area (Å²) in [5.74, 6) is 0.763. The van der Waals surface area contributed by atoms with E-state index < -0.39 is 0 Å². The second-order valence-electron chi connectivity index (χ2n) is 6.90. The average molecular weight is 385 g/mol. The highest BCUT2D eigenvalue weighted by Crippen LogP contribution is 2.37. The Balaban J connectivity index is 1.42. The number of carbonyl (C=O) groups is 1. The normalized spacial score (nSPS) is 15.3. The van der Waals surface area contributed by atoms with E-state index in [2.05, 4.69) is 28.3 Å². The lowest BCUT2D eigenvalue weighted by Crippen LogP contribution is -2.44. The van der Waals surface area contributed by atoms with E-state index in [0.717, 1.165) is 42.3 Å². The Morgan fingerprint density at radius 1 is 1.33 bits per heavy atom. The van der Waals surface area contributed by atoms with Gasteiger partial charge in [0.15, 0.2) is 5.13 Å². The topological polar surface area (TPSA) is 72.3 Å². The summed E-state index contributed by atoms with van der Waals surface area (Å²) < 4.78 is 8.28. The number of hydrogen-bond acceptors (Lipinski definition) is 6. The molecule has 4 rings (SSSR count). The number of anilines is 1. The molecule has 1 aliphatic rings. The number of thiazole rings is 1. The van der Waals surface area contributed by atoms with Gasteiger partial charge in [-0.15, -0.1) is 0 Å². The number of fused-ring (bicyclic) bond motifs is 1. The fourth-order valence-corrected chi connectivity index (χ4v) is 4.52. The fourth-order valence-electron chi connectivity index (χ4n) is 3.42. The minimum absolute atomic E-state index is 0.0538. The van der Waals surface area contributed by atoms with Crippen LogP contribution in [0.2, 0.25) is 0 Å². The number of nitrogens with one attached hydrogen (secondary N) is 1. The Kier molecular flexibility index (Phi) is 4.73. The second-order valence-corrected chi connectivity index (χ2v) is 7.87. The van der Waals surface area contributed by atoms with Gasteiger partial charge in [0.05, 0.1) is 23.6 Å². The van der Waals surface area contributed by atoms with Crippen molar-refractivity contribution in [3.05, 3.63) is 35.7 Å². The number of benzene rings is 1. The van der Waals surface area contributed by atoms with E-state index in [4.69, 9.17) is 9.72 Å². The third-order valence-corrected chi connectivity index (χ3v) is 6.23. The summed E-state index contributed by atoms with van der Waals surface area (Å²) in [6, 6.07) is 4.23. The van der Waals surface area contributed by atoms with Gasteiger partial charge in [0.25, 0.3) is 5.91 Å². The van der Waals surface area contributed by atoms with Crippen molar-refractivity contribution in [3.63, 3.8) is 0 Å². The van der Waals surface area contributed by atoms with Crippen LogP contribution >= 0.6 is 11.3 Å². The van der Waals surface area contributed by atoms with E-state index in [9.17, 15) is 4.79 Å². The van der Waals surface area contributed by atoms with Crippen molar-refractivity contribution < 1.29 is 9.53 Å². The van der Waals surface area contributed by atoms with Gasteiger partial charge in [-0.05, 0) is 31.4 Å². The Morgan fingerprint density at radius 3 is 2.78 bits per heavy atom. The molecular weight excluding hydrogens is 362 g/mol. The molecule has 8 heteroatoms.